The molecule has 1 aromatic heterocycles. The Labute approximate surface area is 182 Å². The number of nitrogens with zero attached hydrogens (tertiary/aromatic N) is 3. The van der Waals surface area contributed by atoms with Gasteiger partial charge in [0, 0.05) is 36.2 Å². The van der Waals surface area contributed by atoms with E-state index in [2.05, 4.69) is 16.5 Å². The van der Waals surface area contributed by atoms with E-state index in [-0.39, 0.29) is 17.4 Å². The second kappa shape index (κ2) is 8.38. The Morgan fingerprint density at radius 2 is 2.23 bits per heavy atom. The van der Waals surface area contributed by atoms with Crippen molar-refractivity contribution >= 4 is 24.7 Å². The molecule has 0 unspecified atom stereocenters. The third-order valence-electron chi connectivity index (χ3n) is 5.81. The Kier molecular flexibility index (Phi) is 5.80. The number of hydrogen-bond acceptors (Lipinski definition) is 7. The van der Waals surface area contributed by atoms with E-state index in [4.69, 9.17) is 15.1 Å². The Morgan fingerprint density at radius 3 is 2.94 bits per heavy atom. The standard InChI is InChI=1S/C22H28BN5O3/c1-22(2,3)20-9-15-8-17(4-5-19(15)31-23(20)29)26-21-16(11-25)12-28(27-21)18-13-30-7-6-14(18)10-24/h4-5,8-9,12,14,18,29H,6-7,11,13,25H2,1-3H3,(H,26,27)/t14-,18+/m1/s1. The van der Waals surface area contributed by atoms with Crippen molar-refractivity contribution in [3.05, 3.63) is 41.0 Å². The number of fused-ring (bicyclic) bond motifs is 1. The van der Waals surface area contributed by atoms with Crippen LogP contribution in [0.4, 0.5) is 11.5 Å². The first-order chi connectivity index (χ1) is 14.8. The zero-order valence-electron chi connectivity index (χ0n) is 18.1. The van der Waals surface area contributed by atoms with Gasteiger partial charge in [0.05, 0.1) is 24.6 Å². The molecule has 0 spiro atoms. The SMILES string of the molecule is CC(C)(C)C1=Cc2cc(Nc3nn([C@H]4COCC[C@@H]4C#N)cc3CN)ccc2OB1O. The summed E-state index contributed by atoms with van der Waals surface area (Å²) in [5.74, 6) is 1.15. The quantitative estimate of drug-likeness (QED) is 0.650. The van der Waals surface area contributed by atoms with E-state index in [0.717, 1.165) is 22.3 Å². The van der Waals surface area contributed by atoms with E-state index >= 15 is 0 Å². The van der Waals surface area contributed by atoms with Gasteiger partial charge in [0.2, 0.25) is 0 Å². The van der Waals surface area contributed by atoms with Gasteiger partial charge in [-0.15, -0.1) is 0 Å². The van der Waals surface area contributed by atoms with Crippen LogP contribution in [-0.4, -0.2) is 35.1 Å². The van der Waals surface area contributed by atoms with Gasteiger partial charge in [-0.25, -0.2) is 0 Å². The highest BCUT2D eigenvalue weighted by atomic mass is 16.5. The first-order valence-corrected chi connectivity index (χ1v) is 10.5. The number of nitrogens with one attached hydrogen (secondary N) is 1. The summed E-state index contributed by atoms with van der Waals surface area (Å²) in [6.07, 6.45) is 4.57. The molecule has 2 aliphatic heterocycles. The lowest BCUT2D eigenvalue weighted by atomic mass is 9.63. The number of anilines is 2. The second-order valence-corrected chi connectivity index (χ2v) is 9.05. The molecule has 1 saturated heterocycles. The van der Waals surface area contributed by atoms with Gasteiger partial charge in [0.25, 0.3) is 0 Å². The minimum Gasteiger partial charge on any atom is -0.532 e. The Morgan fingerprint density at radius 1 is 1.42 bits per heavy atom. The average molecular weight is 421 g/mol. The molecule has 2 atom stereocenters. The van der Waals surface area contributed by atoms with Gasteiger partial charge >= 0.3 is 7.12 Å². The van der Waals surface area contributed by atoms with Crippen molar-refractivity contribution in [1.29, 1.82) is 5.26 Å². The van der Waals surface area contributed by atoms with Crippen LogP contribution in [0.25, 0.3) is 6.08 Å². The van der Waals surface area contributed by atoms with Gasteiger partial charge < -0.3 is 25.5 Å². The Balaban J connectivity index is 1.62. The maximum absolute atomic E-state index is 10.3. The highest BCUT2D eigenvalue weighted by Crippen LogP contribution is 2.37. The lowest BCUT2D eigenvalue weighted by Gasteiger charge is -2.29. The average Bonchev–Trinajstić information content (AvgIpc) is 3.15. The van der Waals surface area contributed by atoms with Crippen molar-refractivity contribution in [2.45, 2.75) is 39.8 Å². The molecule has 0 saturated carbocycles. The van der Waals surface area contributed by atoms with Crippen LogP contribution in [0.2, 0.25) is 0 Å². The summed E-state index contributed by atoms with van der Waals surface area (Å²) >= 11 is 0. The zero-order valence-corrected chi connectivity index (χ0v) is 18.1. The molecule has 1 fully saturated rings. The zero-order chi connectivity index (χ0) is 22.2. The number of nitrogens with two attached hydrogens (primary N) is 1. The van der Waals surface area contributed by atoms with E-state index in [1.165, 1.54) is 0 Å². The van der Waals surface area contributed by atoms with Crippen LogP contribution < -0.4 is 15.7 Å². The molecular formula is C22H28BN5O3. The summed E-state index contributed by atoms with van der Waals surface area (Å²) in [5, 5.41) is 27.8. The van der Waals surface area contributed by atoms with Crippen molar-refractivity contribution < 1.29 is 14.4 Å². The van der Waals surface area contributed by atoms with Gasteiger partial charge in [-0.1, -0.05) is 26.8 Å². The number of allylic oxidation sites excluding steroid dienone is 1. The van der Waals surface area contributed by atoms with Crippen molar-refractivity contribution in [3.63, 3.8) is 0 Å². The molecule has 0 amide bonds. The fraction of sp³-hybridized carbons (Fsp3) is 0.455. The normalized spacial score (nSPS) is 21.0. The first kappa shape index (κ1) is 21.4. The number of ether oxygens (including phenoxy) is 1. The molecule has 162 valence electrons. The van der Waals surface area contributed by atoms with Crippen LogP contribution in [0, 0.1) is 22.7 Å². The minimum atomic E-state index is -0.948. The molecule has 0 aliphatic carbocycles. The number of nitriles is 1. The van der Waals surface area contributed by atoms with Crippen LogP contribution in [-0.2, 0) is 11.3 Å². The number of benzene rings is 1. The predicted molar refractivity (Wildman–Crippen MR) is 119 cm³/mol. The largest absolute Gasteiger partial charge is 0.556 e. The summed E-state index contributed by atoms with van der Waals surface area (Å²) < 4.78 is 13.1. The molecule has 0 bridgehead atoms. The maximum atomic E-state index is 10.3. The molecule has 4 N–H and O–H groups in total. The highest BCUT2D eigenvalue weighted by molar-refractivity contribution is 6.55. The van der Waals surface area contributed by atoms with Gasteiger partial charge in [-0.05, 0) is 35.5 Å². The molecule has 0 radical (unpaired) electrons. The van der Waals surface area contributed by atoms with E-state index in [0.29, 0.717) is 37.7 Å². The Bertz CT molecular complexity index is 1040. The van der Waals surface area contributed by atoms with Crippen LogP contribution in [0.15, 0.2) is 29.9 Å². The van der Waals surface area contributed by atoms with Crippen molar-refractivity contribution in [3.8, 4) is 11.8 Å². The summed E-state index contributed by atoms with van der Waals surface area (Å²) in [4.78, 5) is 0. The van der Waals surface area contributed by atoms with Crippen molar-refractivity contribution in [2.75, 3.05) is 18.5 Å². The molecule has 31 heavy (non-hydrogen) atoms. The van der Waals surface area contributed by atoms with Crippen LogP contribution in [0.3, 0.4) is 0 Å². The van der Waals surface area contributed by atoms with Crippen molar-refractivity contribution in [1.82, 2.24) is 9.78 Å². The monoisotopic (exact) mass is 421 g/mol. The van der Waals surface area contributed by atoms with Gasteiger partial charge in [-0.2, -0.15) is 10.4 Å². The lowest BCUT2D eigenvalue weighted by molar-refractivity contribution is 0.0342. The fourth-order valence-corrected chi connectivity index (χ4v) is 3.98. The van der Waals surface area contributed by atoms with Crippen LogP contribution in [0.5, 0.6) is 5.75 Å². The third-order valence-corrected chi connectivity index (χ3v) is 5.81. The highest BCUT2D eigenvalue weighted by Gasteiger charge is 2.35. The molecule has 9 heteroatoms. The predicted octanol–water partition coefficient (Wildman–Crippen LogP) is 3.03. The summed E-state index contributed by atoms with van der Waals surface area (Å²) in [7, 11) is -0.948. The van der Waals surface area contributed by atoms with Gasteiger partial charge in [0.1, 0.15) is 5.75 Å². The molecule has 2 aliphatic rings. The molecule has 8 nitrogen and oxygen atoms in total. The summed E-state index contributed by atoms with van der Waals surface area (Å²) in [6.45, 7) is 7.51. The van der Waals surface area contributed by atoms with E-state index < -0.39 is 7.12 Å². The van der Waals surface area contributed by atoms with Gasteiger partial charge in [0.15, 0.2) is 5.82 Å². The smallest absolute Gasteiger partial charge is 0.532 e. The molecule has 4 rings (SSSR count). The van der Waals surface area contributed by atoms with Gasteiger partial charge in [-0.3, -0.25) is 4.68 Å². The summed E-state index contributed by atoms with van der Waals surface area (Å²) in [6, 6.07) is 7.91. The molecule has 3 heterocycles. The third kappa shape index (κ3) is 4.33. The minimum absolute atomic E-state index is 0.129. The van der Waals surface area contributed by atoms with E-state index in [9.17, 15) is 10.3 Å². The number of aromatic nitrogens is 2. The number of hydrogen-bond donors (Lipinski definition) is 3. The fourth-order valence-electron chi connectivity index (χ4n) is 3.98. The molecule has 1 aromatic carbocycles. The lowest BCUT2D eigenvalue weighted by Crippen LogP contribution is -2.34. The molecular weight excluding hydrogens is 393 g/mol. The van der Waals surface area contributed by atoms with E-state index in [1.807, 2.05) is 51.2 Å². The first-order valence-electron chi connectivity index (χ1n) is 10.5. The second-order valence-electron chi connectivity index (χ2n) is 9.05. The summed E-state index contributed by atoms with van der Waals surface area (Å²) in [5.41, 5.74) is 9.15. The number of rotatable bonds is 4. The van der Waals surface area contributed by atoms with Crippen molar-refractivity contribution in [2.24, 2.45) is 17.1 Å². The van der Waals surface area contributed by atoms with Crippen LogP contribution in [0.1, 0.15) is 44.4 Å². The molecule has 2 aromatic rings. The Hall–Kier alpha value is -2.80. The van der Waals surface area contributed by atoms with E-state index in [1.54, 1.807) is 4.68 Å². The maximum Gasteiger partial charge on any atom is 0.556 e. The topological polar surface area (TPSA) is 118 Å². The van der Waals surface area contributed by atoms with Crippen LogP contribution >= 0.6 is 0 Å².